The molecule has 0 radical (unpaired) electrons. The summed E-state index contributed by atoms with van der Waals surface area (Å²) in [6, 6.07) is 19.0. The third kappa shape index (κ3) is 2.25. The van der Waals surface area contributed by atoms with Crippen LogP contribution in [0.2, 0.25) is 0 Å². The lowest BCUT2D eigenvalue weighted by molar-refractivity contribution is 0.0411. The molecule has 2 aromatic rings. The van der Waals surface area contributed by atoms with Gasteiger partial charge in [-0.1, -0.05) is 54.6 Å². The van der Waals surface area contributed by atoms with Gasteiger partial charge < -0.3 is 4.74 Å². The van der Waals surface area contributed by atoms with Gasteiger partial charge in [0.1, 0.15) is 0 Å². The van der Waals surface area contributed by atoms with E-state index in [0.717, 1.165) is 12.8 Å². The van der Waals surface area contributed by atoms with E-state index in [0.29, 0.717) is 6.61 Å². The molecule has 86 valence electrons. The summed E-state index contributed by atoms with van der Waals surface area (Å²) in [5.74, 6) is 0. The van der Waals surface area contributed by atoms with E-state index in [9.17, 15) is 0 Å². The first kappa shape index (κ1) is 10.5. The van der Waals surface area contributed by atoms with E-state index in [1.54, 1.807) is 0 Å². The van der Waals surface area contributed by atoms with E-state index in [-0.39, 0.29) is 6.10 Å². The van der Waals surface area contributed by atoms with Gasteiger partial charge in [0.2, 0.25) is 0 Å². The zero-order chi connectivity index (χ0) is 11.5. The fraction of sp³-hybridized carbons (Fsp3) is 0.250. The monoisotopic (exact) mass is 224 g/mol. The van der Waals surface area contributed by atoms with Crippen molar-refractivity contribution < 1.29 is 4.74 Å². The topological polar surface area (TPSA) is 9.23 Å². The molecule has 0 spiro atoms. The number of rotatable bonds is 3. The molecule has 0 aromatic heterocycles. The fourth-order valence-electron chi connectivity index (χ4n) is 2.46. The molecule has 17 heavy (non-hydrogen) atoms. The van der Waals surface area contributed by atoms with E-state index in [1.807, 2.05) is 6.07 Å². The highest BCUT2D eigenvalue weighted by Crippen LogP contribution is 2.34. The van der Waals surface area contributed by atoms with Crippen LogP contribution in [-0.2, 0) is 17.8 Å². The molecule has 1 atom stereocenters. The Kier molecular flexibility index (Phi) is 2.93. The number of benzene rings is 2. The van der Waals surface area contributed by atoms with Gasteiger partial charge in [0.25, 0.3) is 0 Å². The molecule has 0 amide bonds. The summed E-state index contributed by atoms with van der Waals surface area (Å²) in [7, 11) is 0. The van der Waals surface area contributed by atoms with Crippen molar-refractivity contribution in [3.05, 3.63) is 71.3 Å². The minimum absolute atomic E-state index is 0.284. The van der Waals surface area contributed by atoms with Crippen molar-refractivity contribution in [1.82, 2.24) is 0 Å². The van der Waals surface area contributed by atoms with E-state index < -0.39 is 0 Å². The van der Waals surface area contributed by atoms with E-state index >= 15 is 0 Å². The molecule has 3 rings (SSSR count). The van der Waals surface area contributed by atoms with E-state index in [4.69, 9.17) is 4.74 Å². The Morgan fingerprint density at radius 3 is 2.59 bits per heavy atom. The van der Waals surface area contributed by atoms with Gasteiger partial charge in [0.15, 0.2) is 0 Å². The normalized spacial score (nSPS) is 18.0. The molecule has 2 aromatic carbocycles. The lowest BCUT2D eigenvalue weighted by Gasteiger charge is -2.13. The van der Waals surface area contributed by atoms with Crippen molar-refractivity contribution in [2.75, 3.05) is 0 Å². The van der Waals surface area contributed by atoms with Crippen LogP contribution in [0.4, 0.5) is 0 Å². The van der Waals surface area contributed by atoms with Gasteiger partial charge in [0.05, 0.1) is 12.7 Å². The van der Waals surface area contributed by atoms with Gasteiger partial charge in [-0.15, -0.1) is 0 Å². The van der Waals surface area contributed by atoms with Crippen molar-refractivity contribution in [1.29, 1.82) is 0 Å². The average Bonchev–Trinajstić information content (AvgIpc) is 2.81. The van der Waals surface area contributed by atoms with Crippen LogP contribution in [0.15, 0.2) is 54.6 Å². The van der Waals surface area contributed by atoms with Crippen molar-refractivity contribution in [3.63, 3.8) is 0 Å². The van der Waals surface area contributed by atoms with Gasteiger partial charge in [-0.25, -0.2) is 0 Å². The molecule has 1 aliphatic carbocycles. The maximum Gasteiger partial charge on any atom is 0.0835 e. The molecule has 0 bridgehead atoms. The van der Waals surface area contributed by atoms with Crippen LogP contribution in [0.25, 0.3) is 0 Å². The minimum atomic E-state index is 0.284. The van der Waals surface area contributed by atoms with Crippen LogP contribution in [0.5, 0.6) is 0 Å². The maximum atomic E-state index is 6.02. The van der Waals surface area contributed by atoms with Crippen LogP contribution in [0, 0.1) is 0 Å². The van der Waals surface area contributed by atoms with Gasteiger partial charge in [-0.2, -0.15) is 0 Å². The maximum absolute atomic E-state index is 6.02. The first-order chi connectivity index (χ1) is 8.43. The Labute approximate surface area is 102 Å². The van der Waals surface area contributed by atoms with Gasteiger partial charge in [-0.3, -0.25) is 0 Å². The molecule has 1 aliphatic rings. The zero-order valence-electron chi connectivity index (χ0n) is 9.80. The quantitative estimate of drug-likeness (QED) is 0.768. The summed E-state index contributed by atoms with van der Waals surface area (Å²) in [5, 5.41) is 0. The first-order valence-corrected chi connectivity index (χ1v) is 6.17. The van der Waals surface area contributed by atoms with Crippen LogP contribution in [0.1, 0.15) is 29.2 Å². The Morgan fingerprint density at radius 1 is 0.941 bits per heavy atom. The number of hydrogen-bond donors (Lipinski definition) is 0. The van der Waals surface area contributed by atoms with E-state index in [2.05, 4.69) is 48.5 Å². The Morgan fingerprint density at radius 2 is 1.71 bits per heavy atom. The largest absolute Gasteiger partial charge is 0.369 e. The standard InChI is InChI=1S/C16H16O/c1-2-6-13(7-3-1)12-17-16-11-10-14-8-4-5-9-15(14)16/h1-9,16H,10-12H2. The number of ether oxygens (including phenoxy) is 1. The highest BCUT2D eigenvalue weighted by atomic mass is 16.5. The second-order valence-corrected chi connectivity index (χ2v) is 4.52. The van der Waals surface area contributed by atoms with Crippen molar-refractivity contribution in [3.8, 4) is 0 Å². The lowest BCUT2D eigenvalue weighted by atomic mass is 10.1. The molecule has 0 aliphatic heterocycles. The van der Waals surface area contributed by atoms with Crippen LogP contribution >= 0.6 is 0 Å². The average molecular weight is 224 g/mol. The van der Waals surface area contributed by atoms with E-state index in [1.165, 1.54) is 16.7 Å². The molecule has 0 saturated carbocycles. The third-order valence-corrected chi connectivity index (χ3v) is 3.37. The predicted molar refractivity (Wildman–Crippen MR) is 68.7 cm³/mol. The lowest BCUT2D eigenvalue weighted by Crippen LogP contribution is -2.00. The molecular formula is C16H16O. The summed E-state index contributed by atoms with van der Waals surface area (Å²) in [6.45, 7) is 0.708. The Balaban J connectivity index is 1.68. The van der Waals surface area contributed by atoms with Crippen LogP contribution in [-0.4, -0.2) is 0 Å². The Bertz CT molecular complexity index is 490. The molecule has 0 heterocycles. The van der Waals surface area contributed by atoms with Crippen LogP contribution < -0.4 is 0 Å². The third-order valence-electron chi connectivity index (χ3n) is 3.37. The summed E-state index contributed by atoms with van der Waals surface area (Å²) >= 11 is 0. The van der Waals surface area contributed by atoms with Gasteiger partial charge in [0, 0.05) is 0 Å². The summed E-state index contributed by atoms with van der Waals surface area (Å²) in [4.78, 5) is 0. The molecular weight excluding hydrogens is 208 g/mol. The molecule has 0 saturated heterocycles. The summed E-state index contributed by atoms with van der Waals surface area (Å²) < 4.78 is 6.02. The minimum Gasteiger partial charge on any atom is -0.369 e. The zero-order valence-corrected chi connectivity index (χ0v) is 9.80. The molecule has 1 unspecified atom stereocenters. The van der Waals surface area contributed by atoms with Crippen LogP contribution in [0.3, 0.4) is 0 Å². The molecule has 0 fully saturated rings. The van der Waals surface area contributed by atoms with Crippen molar-refractivity contribution in [2.24, 2.45) is 0 Å². The highest BCUT2D eigenvalue weighted by molar-refractivity contribution is 5.33. The predicted octanol–water partition coefficient (Wildman–Crippen LogP) is 3.89. The van der Waals surface area contributed by atoms with Gasteiger partial charge in [-0.05, 0) is 29.5 Å². The second kappa shape index (κ2) is 4.72. The fourth-order valence-corrected chi connectivity index (χ4v) is 2.46. The summed E-state index contributed by atoms with van der Waals surface area (Å²) in [5.41, 5.74) is 4.07. The Hall–Kier alpha value is -1.60. The smallest absolute Gasteiger partial charge is 0.0835 e. The molecule has 1 heteroatoms. The summed E-state index contributed by atoms with van der Waals surface area (Å²) in [6.07, 6.45) is 2.55. The first-order valence-electron chi connectivity index (χ1n) is 6.17. The molecule has 0 N–H and O–H groups in total. The van der Waals surface area contributed by atoms with Crippen molar-refractivity contribution in [2.45, 2.75) is 25.6 Å². The van der Waals surface area contributed by atoms with Crippen molar-refractivity contribution >= 4 is 0 Å². The SMILES string of the molecule is c1ccc(COC2CCc3ccccc32)cc1. The number of hydrogen-bond acceptors (Lipinski definition) is 1. The van der Waals surface area contributed by atoms with Gasteiger partial charge >= 0.3 is 0 Å². The molecule has 1 nitrogen and oxygen atoms in total. The number of fused-ring (bicyclic) bond motifs is 1. The highest BCUT2D eigenvalue weighted by Gasteiger charge is 2.22. The second-order valence-electron chi connectivity index (χ2n) is 4.52. The number of aryl methyl sites for hydroxylation is 1.